The molecule has 2 aromatic rings. The van der Waals surface area contributed by atoms with Crippen molar-refractivity contribution < 1.29 is 9.90 Å². The first-order valence-electron chi connectivity index (χ1n) is 5.63. The summed E-state index contributed by atoms with van der Waals surface area (Å²) in [7, 11) is 0. The topological polar surface area (TPSA) is 42.2 Å². The zero-order valence-corrected chi connectivity index (χ0v) is 9.97. The number of carboxylic acids is 1. The Balaban J connectivity index is 2.39. The summed E-state index contributed by atoms with van der Waals surface area (Å²) in [6, 6.07) is 7.78. The van der Waals surface area contributed by atoms with Gasteiger partial charge in [-0.2, -0.15) is 0 Å². The van der Waals surface area contributed by atoms with Crippen LogP contribution in [0.15, 0.2) is 36.7 Å². The first kappa shape index (κ1) is 11.5. The predicted molar refractivity (Wildman–Crippen MR) is 66.8 cm³/mol. The number of hydrogen-bond donors (Lipinski definition) is 1. The second-order valence-corrected chi connectivity index (χ2v) is 4.08. The van der Waals surface area contributed by atoms with E-state index in [1.54, 1.807) is 18.5 Å². The second-order valence-electron chi connectivity index (χ2n) is 4.08. The van der Waals surface area contributed by atoms with E-state index in [4.69, 9.17) is 5.11 Å². The van der Waals surface area contributed by atoms with Crippen LogP contribution in [0.3, 0.4) is 0 Å². The summed E-state index contributed by atoms with van der Waals surface area (Å²) in [5.41, 5.74) is 3.85. The van der Waals surface area contributed by atoms with Gasteiger partial charge < -0.3 is 9.67 Å². The van der Waals surface area contributed by atoms with Crippen molar-refractivity contribution in [3.05, 3.63) is 53.3 Å². The largest absolute Gasteiger partial charge is 0.478 e. The SMILES string of the molecule is CCc1ccc(-n2ccc(C(=O)O)c2)cc1C. The van der Waals surface area contributed by atoms with E-state index in [1.807, 2.05) is 10.6 Å². The van der Waals surface area contributed by atoms with Crippen molar-refractivity contribution in [1.29, 1.82) is 0 Å². The lowest BCUT2D eigenvalue weighted by atomic mass is 10.1. The number of nitrogens with zero attached hydrogens (tertiary/aromatic N) is 1. The highest BCUT2D eigenvalue weighted by molar-refractivity contribution is 5.87. The van der Waals surface area contributed by atoms with Crippen LogP contribution in [-0.2, 0) is 6.42 Å². The van der Waals surface area contributed by atoms with Crippen molar-refractivity contribution >= 4 is 5.97 Å². The first-order chi connectivity index (χ1) is 8.11. The fourth-order valence-corrected chi connectivity index (χ4v) is 1.92. The van der Waals surface area contributed by atoms with Crippen LogP contribution in [0, 0.1) is 6.92 Å². The molecule has 17 heavy (non-hydrogen) atoms. The van der Waals surface area contributed by atoms with Gasteiger partial charge in [-0.3, -0.25) is 0 Å². The monoisotopic (exact) mass is 229 g/mol. The standard InChI is InChI=1S/C14H15NO2/c1-3-11-4-5-13(8-10(11)2)15-7-6-12(9-15)14(16)17/h4-9H,3H2,1-2H3,(H,16,17). The van der Waals surface area contributed by atoms with E-state index in [0.29, 0.717) is 5.56 Å². The zero-order valence-electron chi connectivity index (χ0n) is 9.97. The maximum absolute atomic E-state index is 10.8. The van der Waals surface area contributed by atoms with E-state index < -0.39 is 5.97 Å². The smallest absolute Gasteiger partial charge is 0.337 e. The van der Waals surface area contributed by atoms with E-state index in [-0.39, 0.29) is 0 Å². The van der Waals surface area contributed by atoms with E-state index in [9.17, 15) is 4.79 Å². The molecule has 0 aliphatic heterocycles. The van der Waals surface area contributed by atoms with Crippen molar-refractivity contribution in [3.63, 3.8) is 0 Å². The van der Waals surface area contributed by atoms with Gasteiger partial charge in [-0.15, -0.1) is 0 Å². The Morgan fingerprint density at radius 2 is 2.12 bits per heavy atom. The number of aryl methyl sites for hydroxylation is 2. The van der Waals surface area contributed by atoms with E-state index in [2.05, 4.69) is 26.0 Å². The highest BCUT2D eigenvalue weighted by atomic mass is 16.4. The van der Waals surface area contributed by atoms with Crippen molar-refractivity contribution in [3.8, 4) is 5.69 Å². The van der Waals surface area contributed by atoms with Gasteiger partial charge in [-0.1, -0.05) is 13.0 Å². The van der Waals surface area contributed by atoms with Crippen molar-refractivity contribution in [2.24, 2.45) is 0 Å². The molecule has 0 aliphatic rings. The molecule has 88 valence electrons. The van der Waals surface area contributed by atoms with Crippen LogP contribution in [-0.4, -0.2) is 15.6 Å². The zero-order chi connectivity index (χ0) is 12.4. The molecule has 0 amide bonds. The molecule has 2 rings (SSSR count). The second kappa shape index (κ2) is 4.45. The lowest BCUT2D eigenvalue weighted by Gasteiger charge is -2.07. The molecule has 0 radical (unpaired) electrons. The minimum atomic E-state index is -0.898. The minimum Gasteiger partial charge on any atom is -0.478 e. The summed E-state index contributed by atoms with van der Waals surface area (Å²) in [5.74, 6) is -0.898. The molecule has 1 heterocycles. The molecular weight excluding hydrogens is 214 g/mol. The number of benzene rings is 1. The molecule has 1 N–H and O–H groups in total. The molecule has 0 fully saturated rings. The van der Waals surface area contributed by atoms with Crippen LogP contribution in [0.1, 0.15) is 28.4 Å². The summed E-state index contributed by atoms with van der Waals surface area (Å²) in [4.78, 5) is 10.8. The number of aromatic nitrogens is 1. The number of carboxylic acid groups (broad SMARTS) is 1. The van der Waals surface area contributed by atoms with Crippen LogP contribution < -0.4 is 0 Å². The van der Waals surface area contributed by atoms with Gasteiger partial charge in [0.05, 0.1) is 5.56 Å². The summed E-state index contributed by atoms with van der Waals surface area (Å²) < 4.78 is 1.83. The molecule has 0 atom stereocenters. The molecule has 1 aromatic carbocycles. The molecule has 3 heteroatoms. The molecule has 3 nitrogen and oxygen atoms in total. The normalized spacial score (nSPS) is 10.5. The van der Waals surface area contributed by atoms with Gasteiger partial charge in [0.25, 0.3) is 0 Å². The number of carbonyl (C=O) groups is 1. The Labute approximate surface area is 100 Å². The van der Waals surface area contributed by atoms with E-state index in [0.717, 1.165) is 12.1 Å². The Bertz CT molecular complexity index is 555. The fraction of sp³-hybridized carbons (Fsp3) is 0.214. The Hall–Kier alpha value is -2.03. The molecular formula is C14H15NO2. The quantitative estimate of drug-likeness (QED) is 0.879. The van der Waals surface area contributed by atoms with Crippen LogP contribution >= 0.6 is 0 Å². The molecule has 0 saturated carbocycles. The van der Waals surface area contributed by atoms with Crippen LogP contribution in [0.25, 0.3) is 5.69 Å². The predicted octanol–water partition coefficient (Wildman–Crippen LogP) is 3.05. The van der Waals surface area contributed by atoms with Gasteiger partial charge in [0.15, 0.2) is 0 Å². The highest BCUT2D eigenvalue weighted by Gasteiger charge is 2.06. The summed E-state index contributed by atoms with van der Waals surface area (Å²) in [6.07, 6.45) is 4.41. The van der Waals surface area contributed by atoms with E-state index in [1.165, 1.54) is 11.1 Å². The Kier molecular flexibility index (Phi) is 3.00. The van der Waals surface area contributed by atoms with Crippen molar-refractivity contribution in [2.45, 2.75) is 20.3 Å². The summed E-state index contributed by atoms with van der Waals surface area (Å²) >= 11 is 0. The Morgan fingerprint density at radius 3 is 2.65 bits per heavy atom. The van der Waals surface area contributed by atoms with Gasteiger partial charge in [0.1, 0.15) is 0 Å². The highest BCUT2D eigenvalue weighted by Crippen LogP contribution is 2.16. The molecule has 0 unspecified atom stereocenters. The fourth-order valence-electron chi connectivity index (χ4n) is 1.92. The lowest BCUT2D eigenvalue weighted by Crippen LogP contribution is -1.96. The summed E-state index contributed by atoms with van der Waals surface area (Å²) in [6.45, 7) is 4.20. The van der Waals surface area contributed by atoms with Gasteiger partial charge in [-0.05, 0) is 42.7 Å². The molecule has 0 aliphatic carbocycles. The number of rotatable bonds is 3. The average Bonchev–Trinajstić information content (AvgIpc) is 2.78. The maximum Gasteiger partial charge on any atom is 0.337 e. The molecule has 0 spiro atoms. The van der Waals surface area contributed by atoms with Crippen LogP contribution in [0.4, 0.5) is 0 Å². The Morgan fingerprint density at radius 1 is 1.35 bits per heavy atom. The van der Waals surface area contributed by atoms with Crippen molar-refractivity contribution in [2.75, 3.05) is 0 Å². The van der Waals surface area contributed by atoms with Crippen LogP contribution in [0.2, 0.25) is 0 Å². The third kappa shape index (κ3) is 2.23. The molecule has 0 bridgehead atoms. The minimum absolute atomic E-state index is 0.308. The van der Waals surface area contributed by atoms with Crippen molar-refractivity contribution in [1.82, 2.24) is 4.57 Å². The third-order valence-corrected chi connectivity index (χ3v) is 2.95. The van der Waals surface area contributed by atoms with Crippen LogP contribution in [0.5, 0.6) is 0 Å². The summed E-state index contributed by atoms with van der Waals surface area (Å²) in [5, 5.41) is 8.87. The van der Waals surface area contributed by atoms with E-state index >= 15 is 0 Å². The molecule has 0 saturated heterocycles. The number of hydrogen-bond acceptors (Lipinski definition) is 1. The van der Waals surface area contributed by atoms with Gasteiger partial charge in [0, 0.05) is 18.1 Å². The maximum atomic E-state index is 10.8. The van der Waals surface area contributed by atoms with Gasteiger partial charge in [-0.25, -0.2) is 4.79 Å². The van der Waals surface area contributed by atoms with Gasteiger partial charge in [0.2, 0.25) is 0 Å². The lowest BCUT2D eigenvalue weighted by molar-refractivity contribution is 0.0697. The number of aromatic carboxylic acids is 1. The average molecular weight is 229 g/mol. The third-order valence-electron chi connectivity index (χ3n) is 2.95. The van der Waals surface area contributed by atoms with Gasteiger partial charge >= 0.3 is 5.97 Å². The molecule has 1 aromatic heterocycles. The first-order valence-corrected chi connectivity index (χ1v) is 5.63.